The molecule has 2 aliphatic rings. The molecule has 0 aromatic carbocycles. The molecule has 40 heavy (non-hydrogen) atoms. The van der Waals surface area contributed by atoms with Crippen molar-refractivity contribution in [1.82, 2.24) is 19.4 Å². The predicted molar refractivity (Wildman–Crippen MR) is 135 cm³/mol. The van der Waals surface area contributed by atoms with E-state index in [9.17, 15) is 31.2 Å². The van der Waals surface area contributed by atoms with Crippen molar-refractivity contribution in [1.29, 1.82) is 0 Å². The van der Waals surface area contributed by atoms with Crippen LogP contribution < -0.4 is 15.8 Å². The number of hydrogen-bond acceptors (Lipinski definition) is 8. The molecule has 16 heteroatoms. The van der Waals surface area contributed by atoms with Crippen LogP contribution >= 0.6 is 0 Å². The van der Waals surface area contributed by atoms with Crippen LogP contribution in [-0.4, -0.2) is 71.6 Å². The summed E-state index contributed by atoms with van der Waals surface area (Å²) in [5, 5.41) is 6.41. The number of nitrogens with zero attached hydrogens (tertiary/aromatic N) is 3. The molecule has 1 aliphatic carbocycles. The van der Waals surface area contributed by atoms with Crippen LogP contribution in [0.25, 0.3) is 0 Å². The first-order valence-electron chi connectivity index (χ1n) is 12.4. The SMILES string of the molecule is CCOc1nn(CC)cc1S(=O)(=O)N1CC(/C=C/CC(N)=O)OC2CC=C(NC(=O)OC(C)(C)C(F)(F)F)C=C21. The number of hydrogen-bond donors (Lipinski definition) is 2. The van der Waals surface area contributed by atoms with Crippen molar-refractivity contribution in [2.75, 3.05) is 13.2 Å². The zero-order valence-corrected chi connectivity index (χ0v) is 23.2. The average molecular weight is 592 g/mol. The molecular formula is C24H32F3N5O7S. The summed E-state index contributed by atoms with van der Waals surface area (Å²) in [5.41, 5.74) is 2.57. The molecule has 3 rings (SSSR count). The number of alkyl carbamates (subject to hydrolysis) is 1. The van der Waals surface area contributed by atoms with Crippen LogP contribution in [-0.2, 0) is 30.8 Å². The van der Waals surface area contributed by atoms with E-state index in [0.29, 0.717) is 20.4 Å². The molecule has 1 aromatic rings. The molecule has 0 bridgehead atoms. The fraction of sp³-hybridized carbons (Fsp3) is 0.542. The van der Waals surface area contributed by atoms with Crippen LogP contribution in [0, 0.1) is 0 Å². The average Bonchev–Trinajstić information content (AvgIpc) is 3.26. The van der Waals surface area contributed by atoms with Crippen LogP contribution in [0.3, 0.4) is 0 Å². The quantitative estimate of drug-likeness (QED) is 0.394. The Bertz CT molecular complexity index is 1320. The summed E-state index contributed by atoms with van der Waals surface area (Å²) in [5.74, 6) is -0.682. The molecule has 12 nitrogen and oxygen atoms in total. The summed E-state index contributed by atoms with van der Waals surface area (Å²) in [7, 11) is -4.32. The molecule has 1 fully saturated rings. The second kappa shape index (κ2) is 11.9. The van der Waals surface area contributed by atoms with Gasteiger partial charge in [-0.2, -0.15) is 13.2 Å². The maximum absolute atomic E-state index is 14.0. The highest BCUT2D eigenvalue weighted by molar-refractivity contribution is 7.89. The van der Waals surface area contributed by atoms with Crippen molar-refractivity contribution in [3.8, 4) is 5.88 Å². The Hall–Kier alpha value is -3.53. The molecule has 1 aromatic heterocycles. The fourth-order valence-corrected chi connectivity index (χ4v) is 5.43. The normalized spacial score (nSPS) is 20.0. The highest BCUT2D eigenvalue weighted by Crippen LogP contribution is 2.37. The standard InChI is InChI=1S/C24H32F3N5O7S/c1-5-31-14-19(21(30-31)37-6-2)40(35,36)32-13-16(8-7-9-20(28)33)38-18-11-10-15(12-17(18)32)29-22(34)39-23(3,4)24(25,26)27/h7-8,10,12,14,16,18H,5-6,9,11,13H2,1-4H3,(H2,28,33)(H,29,34)/b8-7+. The van der Waals surface area contributed by atoms with Crippen LogP contribution in [0.1, 0.15) is 40.5 Å². The van der Waals surface area contributed by atoms with E-state index in [1.54, 1.807) is 13.8 Å². The second-order valence-electron chi connectivity index (χ2n) is 9.37. The summed E-state index contributed by atoms with van der Waals surface area (Å²) in [6.45, 7) is 5.17. The van der Waals surface area contributed by atoms with E-state index in [-0.39, 0.29) is 48.2 Å². The van der Waals surface area contributed by atoms with Gasteiger partial charge in [-0.15, -0.1) is 5.10 Å². The minimum absolute atomic E-state index is 0.0232. The molecular weight excluding hydrogens is 559 g/mol. The molecule has 2 amide bonds. The number of alkyl halides is 3. The van der Waals surface area contributed by atoms with Crippen molar-refractivity contribution in [2.24, 2.45) is 5.73 Å². The molecule has 0 radical (unpaired) electrons. The van der Waals surface area contributed by atoms with Gasteiger partial charge in [0.15, 0.2) is 4.90 Å². The smallest absolute Gasteiger partial charge is 0.427 e. The minimum Gasteiger partial charge on any atom is -0.476 e. The molecule has 2 atom stereocenters. The molecule has 1 saturated heterocycles. The van der Waals surface area contributed by atoms with Crippen molar-refractivity contribution in [2.45, 2.75) is 76.0 Å². The number of aryl methyl sites for hydroxylation is 1. The van der Waals surface area contributed by atoms with E-state index >= 15 is 0 Å². The number of sulfonamides is 1. The van der Waals surface area contributed by atoms with E-state index in [1.807, 2.05) is 0 Å². The third kappa shape index (κ3) is 6.96. The van der Waals surface area contributed by atoms with E-state index in [0.717, 1.165) is 4.31 Å². The van der Waals surface area contributed by atoms with Gasteiger partial charge in [0.05, 0.1) is 25.0 Å². The van der Waals surface area contributed by atoms with Crippen LogP contribution in [0.2, 0.25) is 0 Å². The number of ether oxygens (including phenoxy) is 3. The van der Waals surface area contributed by atoms with E-state index in [1.165, 1.54) is 35.2 Å². The maximum Gasteiger partial charge on any atom is 0.427 e. The Morgan fingerprint density at radius 2 is 2.00 bits per heavy atom. The maximum atomic E-state index is 14.0. The Balaban J connectivity index is 1.97. The van der Waals surface area contributed by atoms with Gasteiger partial charge in [-0.3, -0.25) is 19.1 Å². The largest absolute Gasteiger partial charge is 0.476 e. The minimum atomic E-state index is -4.81. The van der Waals surface area contributed by atoms with Crippen molar-refractivity contribution in [3.05, 3.63) is 41.9 Å². The predicted octanol–water partition coefficient (Wildman–Crippen LogP) is 2.73. The lowest BCUT2D eigenvalue weighted by molar-refractivity contribution is -0.243. The molecule has 3 N–H and O–H groups in total. The van der Waals surface area contributed by atoms with Crippen LogP contribution in [0.4, 0.5) is 18.0 Å². The highest BCUT2D eigenvalue weighted by Gasteiger charge is 2.51. The molecule has 1 aliphatic heterocycles. The van der Waals surface area contributed by atoms with Gasteiger partial charge in [-0.25, -0.2) is 13.2 Å². The number of nitrogens with one attached hydrogen (secondary N) is 1. The lowest BCUT2D eigenvalue weighted by Gasteiger charge is -2.41. The highest BCUT2D eigenvalue weighted by atomic mass is 32.2. The van der Waals surface area contributed by atoms with Gasteiger partial charge in [0.25, 0.3) is 15.9 Å². The van der Waals surface area contributed by atoms with Gasteiger partial charge in [0, 0.05) is 24.9 Å². The first-order valence-corrected chi connectivity index (χ1v) is 13.8. The zero-order valence-electron chi connectivity index (χ0n) is 22.4. The third-order valence-electron chi connectivity index (χ3n) is 5.97. The molecule has 222 valence electrons. The Morgan fingerprint density at radius 1 is 1.30 bits per heavy atom. The third-order valence-corrected chi connectivity index (χ3v) is 7.75. The number of amides is 2. The van der Waals surface area contributed by atoms with Gasteiger partial charge < -0.3 is 19.9 Å². The zero-order chi connectivity index (χ0) is 29.9. The Kier molecular flexibility index (Phi) is 9.24. The summed E-state index contributed by atoms with van der Waals surface area (Å²) in [6, 6.07) is 0. The summed E-state index contributed by atoms with van der Waals surface area (Å²) in [6.07, 6.45) is -0.680. The molecule has 2 heterocycles. The number of primary amides is 1. The number of halogens is 3. The van der Waals surface area contributed by atoms with Crippen LogP contribution in [0.15, 0.2) is 46.8 Å². The lowest BCUT2D eigenvalue weighted by atomic mass is 10.0. The molecule has 0 saturated carbocycles. The number of carbonyl (C=O) groups is 2. The fourth-order valence-electron chi connectivity index (χ4n) is 3.83. The number of nitrogens with two attached hydrogens (primary N) is 1. The summed E-state index contributed by atoms with van der Waals surface area (Å²) in [4.78, 5) is 23.2. The summed E-state index contributed by atoms with van der Waals surface area (Å²) >= 11 is 0. The van der Waals surface area contributed by atoms with Gasteiger partial charge in [0.2, 0.25) is 11.5 Å². The molecule has 2 unspecified atom stereocenters. The number of aromatic nitrogens is 2. The van der Waals surface area contributed by atoms with Gasteiger partial charge >= 0.3 is 12.3 Å². The molecule has 0 spiro atoms. The van der Waals surface area contributed by atoms with Crippen molar-refractivity contribution in [3.63, 3.8) is 0 Å². The van der Waals surface area contributed by atoms with Gasteiger partial charge in [0.1, 0.15) is 6.10 Å². The first-order chi connectivity index (χ1) is 18.6. The number of fused-ring (bicyclic) bond motifs is 1. The summed E-state index contributed by atoms with van der Waals surface area (Å²) < 4.78 is 85.9. The van der Waals surface area contributed by atoms with E-state index < -0.39 is 46.0 Å². The second-order valence-corrected chi connectivity index (χ2v) is 11.2. The van der Waals surface area contributed by atoms with Gasteiger partial charge in [-0.05, 0) is 40.2 Å². The van der Waals surface area contributed by atoms with Gasteiger partial charge in [-0.1, -0.05) is 18.2 Å². The van der Waals surface area contributed by atoms with Crippen molar-refractivity contribution < 1.29 is 45.4 Å². The topological polar surface area (TPSA) is 155 Å². The van der Waals surface area contributed by atoms with E-state index in [2.05, 4.69) is 15.2 Å². The Labute approximate surface area is 229 Å². The first kappa shape index (κ1) is 31.0. The van der Waals surface area contributed by atoms with E-state index in [4.69, 9.17) is 15.2 Å². The van der Waals surface area contributed by atoms with Crippen LogP contribution in [0.5, 0.6) is 5.88 Å². The number of allylic oxidation sites excluding steroid dienone is 1. The number of rotatable bonds is 10. The Morgan fingerprint density at radius 3 is 2.60 bits per heavy atom. The number of carbonyl (C=O) groups excluding carboxylic acids is 2. The number of morpholine rings is 1. The lowest BCUT2D eigenvalue weighted by Crippen LogP contribution is -2.49. The monoisotopic (exact) mass is 591 g/mol. The van der Waals surface area contributed by atoms with Crippen molar-refractivity contribution >= 4 is 22.0 Å².